The number of carbonyl (C=O) groups is 2. The molecule has 0 spiro atoms. The maximum absolute atomic E-state index is 13.1. The van der Waals surface area contributed by atoms with Crippen LogP contribution in [-0.4, -0.2) is 52.3 Å². The standard InChI is InChI=1S/C24H27N7O2S/c1-4-31(5-2)12-11-27-22(32)18-7-6-8-19(14-18)28-23(33)21-16(3)30-34-24(21)29-20-13-17(15-25)9-10-26-20/h6-10,13-14H,4-5,11-12H2,1-3H3,(H,26,29)(H,27,32)(H,28,33). The quantitative estimate of drug-likeness (QED) is 0.406. The number of benzene rings is 1. The number of hydrogen-bond donors (Lipinski definition) is 3. The molecule has 0 aliphatic heterocycles. The second-order valence-corrected chi connectivity index (χ2v) is 8.23. The lowest BCUT2D eigenvalue weighted by Crippen LogP contribution is -2.34. The van der Waals surface area contributed by atoms with Crippen LogP contribution in [0.4, 0.5) is 16.5 Å². The number of rotatable bonds is 10. The van der Waals surface area contributed by atoms with Crippen molar-refractivity contribution in [3.8, 4) is 6.07 Å². The average molecular weight is 478 g/mol. The molecule has 176 valence electrons. The number of aromatic nitrogens is 2. The van der Waals surface area contributed by atoms with Gasteiger partial charge in [-0.05, 0) is 61.9 Å². The highest BCUT2D eigenvalue weighted by atomic mass is 32.1. The van der Waals surface area contributed by atoms with Crippen molar-refractivity contribution in [1.82, 2.24) is 19.6 Å². The van der Waals surface area contributed by atoms with E-state index in [1.54, 1.807) is 43.3 Å². The van der Waals surface area contributed by atoms with Crippen molar-refractivity contribution < 1.29 is 9.59 Å². The predicted molar refractivity (Wildman–Crippen MR) is 134 cm³/mol. The number of aryl methyl sites for hydroxylation is 1. The Bertz CT molecular complexity index is 1200. The molecule has 2 aromatic heterocycles. The fourth-order valence-corrected chi connectivity index (χ4v) is 4.11. The first-order chi connectivity index (χ1) is 16.4. The van der Waals surface area contributed by atoms with Gasteiger partial charge >= 0.3 is 0 Å². The highest BCUT2D eigenvalue weighted by Gasteiger charge is 2.20. The summed E-state index contributed by atoms with van der Waals surface area (Å²) in [6, 6.07) is 12.1. The van der Waals surface area contributed by atoms with Crippen LogP contribution >= 0.6 is 11.5 Å². The van der Waals surface area contributed by atoms with Crippen LogP contribution in [0.1, 0.15) is 45.8 Å². The topological polar surface area (TPSA) is 123 Å². The fourth-order valence-electron chi connectivity index (χ4n) is 3.31. The van der Waals surface area contributed by atoms with E-state index in [2.05, 4.69) is 50.1 Å². The van der Waals surface area contributed by atoms with Gasteiger partial charge in [0.1, 0.15) is 10.8 Å². The maximum atomic E-state index is 13.1. The van der Waals surface area contributed by atoms with Gasteiger partial charge in [0, 0.05) is 30.5 Å². The first kappa shape index (κ1) is 24.8. The minimum Gasteiger partial charge on any atom is -0.351 e. The largest absolute Gasteiger partial charge is 0.351 e. The Morgan fingerprint density at radius 3 is 2.68 bits per heavy atom. The third kappa shape index (κ3) is 6.37. The molecule has 0 atom stereocenters. The average Bonchev–Trinajstić information content (AvgIpc) is 3.21. The zero-order chi connectivity index (χ0) is 24.5. The summed E-state index contributed by atoms with van der Waals surface area (Å²) < 4.78 is 4.28. The lowest BCUT2D eigenvalue weighted by Gasteiger charge is -2.18. The molecule has 34 heavy (non-hydrogen) atoms. The summed E-state index contributed by atoms with van der Waals surface area (Å²) in [5.41, 5.74) is 2.36. The lowest BCUT2D eigenvalue weighted by molar-refractivity contribution is 0.0947. The van der Waals surface area contributed by atoms with Gasteiger partial charge < -0.3 is 20.9 Å². The number of amides is 2. The first-order valence-electron chi connectivity index (χ1n) is 11.0. The van der Waals surface area contributed by atoms with Crippen molar-refractivity contribution in [3.63, 3.8) is 0 Å². The van der Waals surface area contributed by atoms with Gasteiger partial charge in [0.15, 0.2) is 0 Å². The molecule has 2 heterocycles. The molecule has 0 radical (unpaired) electrons. The molecule has 0 saturated carbocycles. The number of nitrogens with zero attached hydrogens (tertiary/aromatic N) is 4. The normalized spacial score (nSPS) is 10.6. The van der Waals surface area contributed by atoms with Crippen molar-refractivity contribution in [3.05, 3.63) is 65.0 Å². The van der Waals surface area contributed by atoms with E-state index in [4.69, 9.17) is 5.26 Å². The Hall–Kier alpha value is -3.81. The zero-order valence-corrected chi connectivity index (χ0v) is 20.2. The summed E-state index contributed by atoms with van der Waals surface area (Å²) in [7, 11) is 0. The Labute approximate surface area is 203 Å². The van der Waals surface area contributed by atoms with E-state index in [-0.39, 0.29) is 11.8 Å². The molecular weight excluding hydrogens is 450 g/mol. The summed E-state index contributed by atoms with van der Waals surface area (Å²) in [5, 5.41) is 18.4. The summed E-state index contributed by atoms with van der Waals surface area (Å²) >= 11 is 1.13. The molecule has 3 rings (SSSR count). The smallest absolute Gasteiger partial charge is 0.260 e. The van der Waals surface area contributed by atoms with Crippen LogP contribution in [0.3, 0.4) is 0 Å². The van der Waals surface area contributed by atoms with E-state index >= 15 is 0 Å². The first-order valence-corrected chi connectivity index (χ1v) is 11.7. The highest BCUT2D eigenvalue weighted by Crippen LogP contribution is 2.28. The molecule has 2 amide bonds. The van der Waals surface area contributed by atoms with E-state index in [9.17, 15) is 9.59 Å². The Morgan fingerprint density at radius 2 is 1.94 bits per heavy atom. The third-order valence-electron chi connectivity index (χ3n) is 5.21. The molecule has 3 aromatic rings. The van der Waals surface area contributed by atoms with E-state index < -0.39 is 0 Å². The number of nitriles is 1. The minimum atomic E-state index is -0.357. The van der Waals surface area contributed by atoms with E-state index in [0.29, 0.717) is 45.4 Å². The number of pyridine rings is 1. The van der Waals surface area contributed by atoms with Crippen molar-refractivity contribution >= 4 is 39.9 Å². The van der Waals surface area contributed by atoms with Gasteiger partial charge in [-0.15, -0.1) is 0 Å². The van der Waals surface area contributed by atoms with Crippen molar-refractivity contribution in [2.75, 3.05) is 36.8 Å². The zero-order valence-electron chi connectivity index (χ0n) is 19.4. The highest BCUT2D eigenvalue weighted by molar-refractivity contribution is 7.10. The second-order valence-electron chi connectivity index (χ2n) is 7.46. The summed E-state index contributed by atoms with van der Waals surface area (Å²) in [5.74, 6) is -0.105. The lowest BCUT2D eigenvalue weighted by atomic mass is 10.1. The Morgan fingerprint density at radius 1 is 1.15 bits per heavy atom. The van der Waals surface area contributed by atoms with Gasteiger partial charge in [-0.1, -0.05) is 19.9 Å². The predicted octanol–water partition coefficient (Wildman–Crippen LogP) is 3.79. The molecule has 0 fully saturated rings. The number of anilines is 3. The molecule has 3 N–H and O–H groups in total. The number of nitrogens with one attached hydrogen (secondary N) is 3. The van der Waals surface area contributed by atoms with E-state index in [1.807, 2.05) is 0 Å². The third-order valence-corrected chi connectivity index (χ3v) is 6.06. The molecule has 0 aliphatic carbocycles. The summed E-state index contributed by atoms with van der Waals surface area (Å²) in [6.07, 6.45) is 1.52. The molecule has 1 aromatic carbocycles. The Balaban J connectivity index is 1.69. The van der Waals surface area contributed by atoms with Gasteiger partial charge in [-0.25, -0.2) is 4.98 Å². The van der Waals surface area contributed by atoms with Crippen LogP contribution in [0, 0.1) is 18.3 Å². The molecular formula is C24H27N7O2S. The molecule has 9 nitrogen and oxygen atoms in total. The SMILES string of the molecule is CCN(CC)CCNC(=O)c1cccc(NC(=O)c2c(C)nsc2Nc2cc(C#N)ccn2)c1. The van der Waals surface area contributed by atoms with Gasteiger partial charge in [0.25, 0.3) is 11.8 Å². The number of hydrogen-bond acceptors (Lipinski definition) is 8. The fraction of sp³-hybridized carbons (Fsp3) is 0.292. The minimum absolute atomic E-state index is 0.192. The molecule has 0 bridgehead atoms. The maximum Gasteiger partial charge on any atom is 0.260 e. The van der Waals surface area contributed by atoms with Gasteiger partial charge in [0.05, 0.1) is 22.9 Å². The Kier molecular flexibility index (Phi) is 8.67. The monoisotopic (exact) mass is 477 g/mol. The van der Waals surface area contributed by atoms with Gasteiger partial charge in [-0.3, -0.25) is 9.59 Å². The molecule has 0 unspecified atom stereocenters. The van der Waals surface area contributed by atoms with Crippen molar-refractivity contribution in [2.45, 2.75) is 20.8 Å². The summed E-state index contributed by atoms with van der Waals surface area (Å²) in [6.45, 7) is 9.11. The number of likely N-dealkylation sites (N-methyl/N-ethyl adjacent to an activating group) is 1. The molecule has 0 saturated heterocycles. The second kappa shape index (κ2) is 11.9. The molecule has 10 heteroatoms. The van der Waals surface area contributed by atoms with Crippen LogP contribution in [0.5, 0.6) is 0 Å². The van der Waals surface area contributed by atoms with Crippen LogP contribution in [0.25, 0.3) is 0 Å². The van der Waals surface area contributed by atoms with Crippen LogP contribution in [0.15, 0.2) is 42.6 Å². The molecule has 0 aliphatic rings. The van der Waals surface area contributed by atoms with E-state index in [1.165, 1.54) is 6.20 Å². The number of carbonyl (C=O) groups excluding carboxylic acids is 2. The van der Waals surface area contributed by atoms with Crippen LogP contribution in [0.2, 0.25) is 0 Å². The van der Waals surface area contributed by atoms with Crippen LogP contribution in [-0.2, 0) is 0 Å². The van der Waals surface area contributed by atoms with Gasteiger partial charge in [0.2, 0.25) is 0 Å². The van der Waals surface area contributed by atoms with Crippen molar-refractivity contribution in [2.24, 2.45) is 0 Å². The van der Waals surface area contributed by atoms with E-state index in [0.717, 1.165) is 31.2 Å². The summed E-state index contributed by atoms with van der Waals surface area (Å²) in [4.78, 5) is 32.0. The van der Waals surface area contributed by atoms with Crippen molar-refractivity contribution in [1.29, 1.82) is 5.26 Å². The van der Waals surface area contributed by atoms with Crippen LogP contribution < -0.4 is 16.0 Å². The van der Waals surface area contributed by atoms with Gasteiger partial charge in [-0.2, -0.15) is 9.64 Å².